The van der Waals surface area contributed by atoms with Crippen molar-refractivity contribution in [2.75, 3.05) is 0 Å². The van der Waals surface area contributed by atoms with Gasteiger partial charge in [0.1, 0.15) is 12.1 Å². The zero-order valence-corrected chi connectivity index (χ0v) is 8.20. The molecule has 1 unspecified atom stereocenters. The van der Waals surface area contributed by atoms with Gasteiger partial charge < -0.3 is 4.79 Å². The Bertz CT molecular complexity index is 373. The molecule has 0 saturated carbocycles. The lowest BCUT2D eigenvalue weighted by molar-refractivity contribution is -0.110. The van der Waals surface area contributed by atoms with Crippen LogP contribution in [0.25, 0.3) is 0 Å². The van der Waals surface area contributed by atoms with Gasteiger partial charge >= 0.3 is 0 Å². The smallest absolute Gasteiger partial charge is 0.239 e. The standard InChI is InChI=1S/C11H9F3O2/c12-9-3-1-7(2-4-9)11(16)8(6-15)5-10(13)14/h1-4,6,8,10H,5H2. The highest BCUT2D eigenvalue weighted by Gasteiger charge is 2.23. The summed E-state index contributed by atoms with van der Waals surface area (Å²) in [7, 11) is 0. The Kier molecular flexibility index (Phi) is 4.22. The number of carbonyl (C=O) groups excluding carboxylic acids is 2. The molecule has 0 aliphatic heterocycles. The van der Waals surface area contributed by atoms with Crippen molar-refractivity contribution in [1.29, 1.82) is 0 Å². The average molecular weight is 230 g/mol. The SMILES string of the molecule is O=CC(CC(F)F)C(=O)c1ccc(F)cc1. The molecule has 86 valence electrons. The Balaban J connectivity index is 2.82. The minimum absolute atomic E-state index is 0.0548. The Hall–Kier alpha value is -1.65. The fourth-order valence-corrected chi connectivity index (χ4v) is 1.24. The van der Waals surface area contributed by atoms with E-state index < -0.39 is 30.4 Å². The third-order valence-electron chi connectivity index (χ3n) is 2.06. The predicted molar refractivity (Wildman–Crippen MR) is 50.9 cm³/mol. The van der Waals surface area contributed by atoms with Crippen molar-refractivity contribution >= 4 is 12.1 Å². The first-order chi connectivity index (χ1) is 7.54. The largest absolute Gasteiger partial charge is 0.303 e. The lowest BCUT2D eigenvalue weighted by Gasteiger charge is -2.08. The number of hydrogen-bond donors (Lipinski definition) is 0. The van der Waals surface area contributed by atoms with Gasteiger partial charge in [0.15, 0.2) is 5.78 Å². The number of ketones is 1. The molecule has 0 N–H and O–H groups in total. The van der Waals surface area contributed by atoms with Gasteiger partial charge in [-0.05, 0) is 24.3 Å². The summed E-state index contributed by atoms with van der Waals surface area (Å²) in [4.78, 5) is 22.0. The molecule has 5 heteroatoms. The molecule has 0 radical (unpaired) electrons. The maximum absolute atomic E-state index is 12.5. The summed E-state index contributed by atoms with van der Waals surface area (Å²) < 4.78 is 36.6. The summed E-state index contributed by atoms with van der Waals surface area (Å²) >= 11 is 0. The third kappa shape index (κ3) is 3.18. The van der Waals surface area contributed by atoms with Crippen LogP contribution in [0.5, 0.6) is 0 Å². The molecule has 0 bridgehead atoms. The van der Waals surface area contributed by atoms with E-state index in [1.807, 2.05) is 0 Å². The van der Waals surface area contributed by atoms with Crippen LogP contribution in [-0.4, -0.2) is 18.5 Å². The molecule has 0 heterocycles. The summed E-state index contributed by atoms with van der Waals surface area (Å²) in [6.07, 6.45) is -3.34. The van der Waals surface area contributed by atoms with E-state index in [1.54, 1.807) is 0 Å². The number of rotatable bonds is 5. The molecule has 2 nitrogen and oxygen atoms in total. The number of hydrogen-bond acceptors (Lipinski definition) is 2. The highest BCUT2D eigenvalue weighted by Crippen LogP contribution is 2.15. The first-order valence-electron chi connectivity index (χ1n) is 4.58. The van der Waals surface area contributed by atoms with Gasteiger partial charge in [0.2, 0.25) is 6.43 Å². The first kappa shape index (κ1) is 12.4. The second-order valence-electron chi connectivity index (χ2n) is 3.24. The van der Waals surface area contributed by atoms with Crippen molar-refractivity contribution in [3.05, 3.63) is 35.6 Å². The zero-order valence-electron chi connectivity index (χ0n) is 8.20. The lowest BCUT2D eigenvalue weighted by Crippen LogP contribution is -2.19. The number of carbonyl (C=O) groups is 2. The Morgan fingerprint density at radius 2 is 1.81 bits per heavy atom. The highest BCUT2D eigenvalue weighted by atomic mass is 19.3. The number of aldehydes is 1. The average Bonchev–Trinajstić information content (AvgIpc) is 2.25. The van der Waals surface area contributed by atoms with E-state index in [2.05, 4.69) is 0 Å². The second kappa shape index (κ2) is 5.44. The maximum atomic E-state index is 12.5. The molecular formula is C11H9F3O2. The van der Waals surface area contributed by atoms with Gasteiger partial charge in [-0.3, -0.25) is 4.79 Å². The van der Waals surface area contributed by atoms with E-state index in [1.165, 1.54) is 12.1 Å². The van der Waals surface area contributed by atoms with Crippen LogP contribution in [-0.2, 0) is 4.79 Å². The van der Waals surface area contributed by atoms with Crippen LogP contribution in [0.3, 0.4) is 0 Å². The molecule has 1 atom stereocenters. The summed E-state index contributed by atoms with van der Waals surface area (Å²) in [6, 6.07) is 4.41. The molecule has 1 aromatic rings. The van der Waals surface area contributed by atoms with Crippen LogP contribution in [0.15, 0.2) is 24.3 Å². The van der Waals surface area contributed by atoms with Gasteiger partial charge in [-0.1, -0.05) is 0 Å². The predicted octanol–water partition coefficient (Wildman–Crippen LogP) is 2.48. The van der Waals surface area contributed by atoms with E-state index in [-0.39, 0.29) is 11.8 Å². The van der Waals surface area contributed by atoms with Crippen molar-refractivity contribution in [1.82, 2.24) is 0 Å². The second-order valence-corrected chi connectivity index (χ2v) is 3.24. The molecule has 1 aromatic carbocycles. The summed E-state index contributed by atoms with van der Waals surface area (Å²) in [6.45, 7) is 0. The van der Waals surface area contributed by atoms with E-state index in [0.717, 1.165) is 12.1 Å². The van der Waals surface area contributed by atoms with Gasteiger partial charge in [0.25, 0.3) is 0 Å². The van der Waals surface area contributed by atoms with Gasteiger partial charge in [0, 0.05) is 12.0 Å². The molecule has 1 rings (SSSR count). The maximum Gasteiger partial charge on any atom is 0.239 e. The third-order valence-corrected chi connectivity index (χ3v) is 2.06. The van der Waals surface area contributed by atoms with E-state index in [4.69, 9.17) is 0 Å². The minimum atomic E-state index is -2.72. The molecule has 0 aliphatic rings. The summed E-state index contributed by atoms with van der Waals surface area (Å²) in [5.74, 6) is -2.62. The molecule has 0 saturated heterocycles. The van der Waals surface area contributed by atoms with Crippen LogP contribution >= 0.6 is 0 Å². The highest BCUT2D eigenvalue weighted by molar-refractivity contribution is 6.05. The molecule has 16 heavy (non-hydrogen) atoms. The topological polar surface area (TPSA) is 34.1 Å². The number of alkyl halides is 2. The Morgan fingerprint density at radius 1 is 1.25 bits per heavy atom. The van der Waals surface area contributed by atoms with Gasteiger partial charge in [-0.15, -0.1) is 0 Å². The van der Waals surface area contributed by atoms with Gasteiger partial charge in [-0.25, -0.2) is 13.2 Å². The minimum Gasteiger partial charge on any atom is -0.303 e. The molecule has 0 amide bonds. The van der Waals surface area contributed by atoms with E-state index in [0.29, 0.717) is 0 Å². The molecule has 0 aromatic heterocycles. The van der Waals surface area contributed by atoms with Crippen molar-refractivity contribution in [3.63, 3.8) is 0 Å². The lowest BCUT2D eigenvalue weighted by atomic mass is 9.96. The molecule has 0 aliphatic carbocycles. The fourth-order valence-electron chi connectivity index (χ4n) is 1.24. The summed E-state index contributed by atoms with van der Waals surface area (Å²) in [5.41, 5.74) is 0.0548. The van der Waals surface area contributed by atoms with Crippen molar-refractivity contribution in [3.8, 4) is 0 Å². The van der Waals surface area contributed by atoms with Gasteiger partial charge in [-0.2, -0.15) is 0 Å². The quantitative estimate of drug-likeness (QED) is 0.442. The Morgan fingerprint density at radius 3 is 2.25 bits per heavy atom. The monoisotopic (exact) mass is 230 g/mol. The van der Waals surface area contributed by atoms with Crippen molar-refractivity contribution in [2.24, 2.45) is 5.92 Å². The van der Waals surface area contributed by atoms with E-state index in [9.17, 15) is 22.8 Å². The summed E-state index contributed by atoms with van der Waals surface area (Å²) in [5, 5.41) is 0. The fraction of sp³-hybridized carbons (Fsp3) is 0.273. The van der Waals surface area contributed by atoms with Crippen molar-refractivity contribution < 1.29 is 22.8 Å². The molecule has 0 spiro atoms. The van der Waals surface area contributed by atoms with Crippen LogP contribution in [0.4, 0.5) is 13.2 Å². The van der Waals surface area contributed by atoms with Crippen LogP contribution < -0.4 is 0 Å². The molecule has 0 fully saturated rings. The first-order valence-corrected chi connectivity index (χ1v) is 4.58. The molecular weight excluding hydrogens is 221 g/mol. The number of halogens is 3. The van der Waals surface area contributed by atoms with Gasteiger partial charge in [0.05, 0.1) is 5.92 Å². The zero-order chi connectivity index (χ0) is 12.1. The van der Waals surface area contributed by atoms with Crippen LogP contribution in [0.2, 0.25) is 0 Å². The van der Waals surface area contributed by atoms with Crippen LogP contribution in [0.1, 0.15) is 16.8 Å². The van der Waals surface area contributed by atoms with E-state index >= 15 is 0 Å². The normalized spacial score (nSPS) is 12.5. The van der Waals surface area contributed by atoms with Crippen LogP contribution in [0, 0.1) is 11.7 Å². The number of Topliss-reactive ketones (excluding diaryl/α,β-unsaturated/α-hetero) is 1. The Labute approximate surface area is 90.1 Å². The number of benzene rings is 1. The van der Waals surface area contributed by atoms with Crippen molar-refractivity contribution in [2.45, 2.75) is 12.8 Å².